The van der Waals surface area contributed by atoms with Crippen LogP contribution >= 0.6 is 0 Å². The molecule has 1 aliphatic heterocycles. The molecule has 0 amide bonds. The van der Waals surface area contributed by atoms with Crippen molar-refractivity contribution in [3.05, 3.63) is 58.1 Å². The maximum absolute atomic E-state index is 12.6. The number of carbonyl (C=O) groups excluding carboxylic acids is 2. The van der Waals surface area contributed by atoms with Crippen LogP contribution in [0.15, 0.2) is 46.9 Å². The van der Waals surface area contributed by atoms with E-state index in [9.17, 15) is 9.59 Å². The minimum atomic E-state index is -0.734. The fourth-order valence-corrected chi connectivity index (χ4v) is 2.91. The summed E-state index contributed by atoms with van der Waals surface area (Å²) < 4.78 is 10.3. The average Bonchev–Trinajstić information content (AvgIpc) is 2.61. The van der Waals surface area contributed by atoms with E-state index >= 15 is 0 Å². The van der Waals surface area contributed by atoms with Gasteiger partial charge in [-0.15, -0.1) is 6.42 Å². The summed E-state index contributed by atoms with van der Waals surface area (Å²) in [4.78, 5) is 25.2. The van der Waals surface area contributed by atoms with Crippen molar-refractivity contribution in [2.75, 3.05) is 13.2 Å². The molecular formula is C20H22N2O4. The Kier molecular flexibility index (Phi) is 6.07. The van der Waals surface area contributed by atoms with Gasteiger partial charge in [0.15, 0.2) is 0 Å². The minimum Gasteiger partial charge on any atom is -0.463 e. The van der Waals surface area contributed by atoms with Crippen molar-refractivity contribution in [3.8, 4) is 12.3 Å². The molecule has 1 aromatic rings. The molecule has 0 spiro atoms. The zero-order valence-electron chi connectivity index (χ0n) is 15.1. The number of carbonyl (C=O) groups is 2. The Morgan fingerprint density at radius 1 is 1.19 bits per heavy atom. The molecule has 6 heteroatoms. The highest BCUT2D eigenvalue weighted by molar-refractivity contribution is 5.99. The third kappa shape index (κ3) is 3.72. The Balaban J connectivity index is 2.67. The third-order valence-electron chi connectivity index (χ3n) is 3.97. The first-order chi connectivity index (χ1) is 12.4. The van der Waals surface area contributed by atoms with Crippen LogP contribution in [0, 0.1) is 12.3 Å². The van der Waals surface area contributed by atoms with E-state index in [1.165, 1.54) is 0 Å². The van der Waals surface area contributed by atoms with Crippen molar-refractivity contribution in [1.82, 2.24) is 5.32 Å². The maximum Gasteiger partial charge on any atom is 0.338 e. The molecule has 2 rings (SSSR count). The molecule has 0 bridgehead atoms. The molecule has 0 saturated heterocycles. The van der Waals surface area contributed by atoms with Crippen molar-refractivity contribution in [2.45, 2.75) is 26.7 Å². The molecule has 0 saturated carbocycles. The molecule has 136 valence electrons. The Bertz CT molecular complexity index is 790. The number of esters is 2. The molecule has 1 unspecified atom stereocenters. The molecule has 1 aliphatic rings. The highest BCUT2D eigenvalue weighted by Crippen LogP contribution is 2.38. The van der Waals surface area contributed by atoms with Crippen LogP contribution in [-0.2, 0) is 19.1 Å². The molecule has 26 heavy (non-hydrogen) atoms. The molecule has 0 aromatic heterocycles. The first-order valence-corrected chi connectivity index (χ1v) is 8.32. The van der Waals surface area contributed by atoms with Gasteiger partial charge in [0.05, 0.1) is 30.3 Å². The van der Waals surface area contributed by atoms with Gasteiger partial charge in [-0.2, -0.15) is 0 Å². The number of ether oxygens (including phenoxy) is 2. The van der Waals surface area contributed by atoms with Gasteiger partial charge >= 0.3 is 11.9 Å². The first kappa shape index (κ1) is 19.1. The number of hydrogen-bond donors (Lipinski definition) is 2. The van der Waals surface area contributed by atoms with E-state index in [0.717, 1.165) is 0 Å². The van der Waals surface area contributed by atoms with E-state index in [2.05, 4.69) is 11.2 Å². The molecule has 1 heterocycles. The van der Waals surface area contributed by atoms with E-state index < -0.39 is 17.9 Å². The summed E-state index contributed by atoms with van der Waals surface area (Å²) >= 11 is 0. The third-order valence-corrected chi connectivity index (χ3v) is 3.97. The van der Waals surface area contributed by atoms with E-state index in [-0.39, 0.29) is 24.6 Å². The lowest BCUT2D eigenvalue weighted by Gasteiger charge is -2.30. The van der Waals surface area contributed by atoms with Gasteiger partial charge in [0.25, 0.3) is 0 Å². The van der Waals surface area contributed by atoms with E-state index in [0.29, 0.717) is 22.4 Å². The monoisotopic (exact) mass is 354 g/mol. The molecule has 3 N–H and O–H groups in total. The normalized spacial score (nSPS) is 16.6. The van der Waals surface area contributed by atoms with Crippen LogP contribution < -0.4 is 11.1 Å². The standard InChI is InChI=1S/C20H22N2O4/c1-5-13-9-8-10-14(11-13)16-15(19(23)25-6-2)12(4)22-18(21)17(16)20(24)26-7-3/h1,8-11,16,22H,6-7,21H2,2-4H3. The van der Waals surface area contributed by atoms with Gasteiger partial charge in [-0.25, -0.2) is 9.59 Å². The van der Waals surface area contributed by atoms with Crippen molar-refractivity contribution in [3.63, 3.8) is 0 Å². The van der Waals surface area contributed by atoms with Crippen LogP contribution in [0.1, 0.15) is 37.8 Å². The smallest absolute Gasteiger partial charge is 0.338 e. The van der Waals surface area contributed by atoms with Crippen LogP contribution in [-0.4, -0.2) is 25.2 Å². The quantitative estimate of drug-likeness (QED) is 0.620. The summed E-state index contributed by atoms with van der Waals surface area (Å²) in [5.74, 6) is 0.846. The molecule has 0 aliphatic carbocycles. The SMILES string of the molecule is C#Cc1cccc(C2C(C(=O)OCC)=C(C)NC(N)=C2C(=O)OCC)c1. The summed E-state index contributed by atoms with van der Waals surface area (Å²) in [5, 5.41) is 2.88. The van der Waals surface area contributed by atoms with Crippen molar-refractivity contribution < 1.29 is 19.1 Å². The summed E-state index contributed by atoms with van der Waals surface area (Å²) in [5.41, 5.74) is 8.35. The van der Waals surface area contributed by atoms with Gasteiger partial charge in [-0.1, -0.05) is 18.1 Å². The second kappa shape index (κ2) is 8.26. The van der Waals surface area contributed by atoms with Crippen LogP contribution in [0.3, 0.4) is 0 Å². The topological polar surface area (TPSA) is 90.6 Å². The number of hydrogen-bond acceptors (Lipinski definition) is 6. The van der Waals surface area contributed by atoms with E-state index in [1.807, 2.05) is 0 Å². The van der Waals surface area contributed by atoms with Gasteiger partial charge < -0.3 is 20.5 Å². The van der Waals surface area contributed by atoms with Gasteiger partial charge in [-0.05, 0) is 38.5 Å². The highest BCUT2D eigenvalue weighted by atomic mass is 16.5. The largest absolute Gasteiger partial charge is 0.463 e. The van der Waals surface area contributed by atoms with Crippen LogP contribution in [0.4, 0.5) is 0 Å². The Labute approximate surface area is 153 Å². The molecule has 0 fully saturated rings. The van der Waals surface area contributed by atoms with Crippen molar-refractivity contribution >= 4 is 11.9 Å². The molecular weight excluding hydrogens is 332 g/mol. The molecule has 1 atom stereocenters. The lowest BCUT2D eigenvalue weighted by Crippen LogP contribution is -2.36. The zero-order valence-corrected chi connectivity index (χ0v) is 15.1. The van der Waals surface area contributed by atoms with Crippen molar-refractivity contribution in [2.24, 2.45) is 5.73 Å². The Hall–Kier alpha value is -3.20. The van der Waals surface area contributed by atoms with Gasteiger partial charge in [-0.3, -0.25) is 0 Å². The second-order valence-electron chi connectivity index (χ2n) is 5.63. The van der Waals surface area contributed by atoms with Crippen molar-refractivity contribution in [1.29, 1.82) is 0 Å². The fraction of sp³-hybridized carbons (Fsp3) is 0.300. The summed E-state index contributed by atoms with van der Waals surface area (Å²) in [6, 6.07) is 7.07. The number of rotatable bonds is 5. The van der Waals surface area contributed by atoms with Gasteiger partial charge in [0, 0.05) is 11.3 Å². The fourth-order valence-electron chi connectivity index (χ4n) is 2.91. The lowest BCUT2D eigenvalue weighted by atomic mass is 9.81. The number of dihydropyridines is 1. The van der Waals surface area contributed by atoms with Gasteiger partial charge in [0.2, 0.25) is 0 Å². The van der Waals surface area contributed by atoms with E-state index in [1.54, 1.807) is 45.0 Å². The van der Waals surface area contributed by atoms with E-state index in [4.69, 9.17) is 21.6 Å². The van der Waals surface area contributed by atoms with Crippen LogP contribution in [0.25, 0.3) is 0 Å². The number of nitrogens with one attached hydrogen (secondary N) is 1. The second-order valence-corrected chi connectivity index (χ2v) is 5.63. The summed E-state index contributed by atoms with van der Waals surface area (Å²) in [7, 11) is 0. The maximum atomic E-state index is 12.6. The summed E-state index contributed by atoms with van der Waals surface area (Å²) in [6.07, 6.45) is 5.49. The first-order valence-electron chi connectivity index (χ1n) is 8.32. The molecule has 0 radical (unpaired) electrons. The average molecular weight is 354 g/mol. The van der Waals surface area contributed by atoms with Crippen LogP contribution in [0.2, 0.25) is 0 Å². The van der Waals surface area contributed by atoms with Crippen LogP contribution in [0.5, 0.6) is 0 Å². The highest BCUT2D eigenvalue weighted by Gasteiger charge is 2.38. The molecule has 6 nitrogen and oxygen atoms in total. The summed E-state index contributed by atoms with van der Waals surface area (Å²) in [6.45, 7) is 5.52. The number of allylic oxidation sites excluding steroid dienone is 1. The number of nitrogens with two attached hydrogens (primary N) is 1. The predicted molar refractivity (Wildman–Crippen MR) is 97.4 cm³/mol. The zero-order chi connectivity index (χ0) is 19.3. The number of benzene rings is 1. The number of terminal acetylenes is 1. The Morgan fingerprint density at radius 2 is 1.81 bits per heavy atom. The Morgan fingerprint density at radius 3 is 2.38 bits per heavy atom. The minimum absolute atomic E-state index is 0.144. The predicted octanol–water partition coefficient (Wildman–Crippen LogP) is 1.93. The molecule has 1 aromatic carbocycles. The lowest BCUT2D eigenvalue weighted by molar-refractivity contribution is -0.139. The van der Waals surface area contributed by atoms with Gasteiger partial charge in [0.1, 0.15) is 5.82 Å².